The smallest absolute Gasteiger partial charge is 0.307 e. The number of carbonyl (C=O) groups excluding carboxylic acids is 1. The number of nitrogens with one attached hydrogen (secondary N) is 1. The molecule has 144 valence electrons. The monoisotopic (exact) mass is 456 g/mol. The van der Waals surface area contributed by atoms with Crippen LogP contribution in [0.5, 0.6) is 0 Å². The van der Waals surface area contributed by atoms with Crippen LogP contribution in [0.15, 0.2) is 53.0 Å². The van der Waals surface area contributed by atoms with Crippen LogP contribution in [0.1, 0.15) is 23.6 Å². The van der Waals surface area contributed by atoms with Gasteiger partial charge in [0.05, 0.1) is 30.2 Å². The molecule has 2 aromatic carbocycles. The lowest BCUT2D eigenvalue weighted by Crippen LogP contribution is -2.31. The molecular formula is C17H17BrN2O6S. The minimum absolute atomic E-state index is 0.123. The molecule has 2 aromatic rings. The normalized spacial score (nSPS) is 12.4. The number of non-ortho nitro benzene ring substituents is 1. The molecule has 0 bridgehead atoms. The number of nitro benzene ring substituents is 1. The fraction of sp³-hybridized carbons (Fsp3) is 0.235. The number of esters is 1. The summed E-state index contributed by atoms with van der Waals surface area (Å²) in [4.78, 5) is 21.8. The van der Waals surface area contributed by atoms with E-state index in [-0.39, 0.29) is 17.9 Å². The van der Waals surface area contributed by atoms with Gasteiger partial charge in [-0.15, -0.1) is 0 Å². The molecule has 27 heavy (non-hydrogen) atoms. The highest BCUT2D eigenvalue weighted by molar-refractivity contribution is 9.10. The lowest BCUT2D eigenvalue weighted by molar-refractivity contribution is -0.384. The fourth-order valence-corrected chi connectivity index (χ4v) is 4.00. The van der Waals surface area contributed by atoms with Gasteiger partial charge < -0.3 is 4.74 Å². The Labute approximate surface area is 164 Å². The second-order valence-corrected chi connectivity index (χ2v) is 8.35. The zero-order chi connectivity index (χ0) is 20.0. The molecule has 0 aliphatic rings. The van der Waals surface area contributed by atoms with Gasteiger partial charge in [0, 0.05) is 16.6 Å². The summed E-state index contributed by atoms with van der Waals surface area (Å²) in [5.41, 5.74) is 0.874. The average molecular weight is 457 g/mol. The van der Waals surface area contributed by atoms with Gasteiger partial charge >= 0.3 is 5.97 Å². The Kier molecular flexibility index (Phi) is 7.05. The fourth-order valence-electron chi connectivity index (χ4n) is 2.36. The van der Waals surface area contributed by atoms with E-state index >= 15 is 0 Å². The first-order valence-corrected chi connectivity index (χ1v) is 10.2. The van der Waals surface area contributed by atoms with Gasteiger partial charge in [-0.1, -0.05) is 40.2 Å². The van der Waals surface area contributed by atoms with Gasteiger partial charge in [-0.2, -0.15) is 0 Å². The molecule has 2 rings (SSSR count). The summed E-state index contributed by atoms with van der Waals surface area (Å²) in [6, 6.07) is 11.3. The first-order chi connectivity index (χ1) is 12.7. The van der Waals surface area contributed by atoms with Gasteiger partial charge in [0.15, 0.2) is 0 Å². The highest BCUT2D eigenvalue weighted by Gasteiger charge is 2.23. The molecule has 0 saturated carbocycles. The molecule has 0 saturated heterocycles. The van der Waals surface area contributed by atoms with E-state index < -0.39 is 27.0 Å². The number of nitro groups is 1. The quantitative estimate of drug-likeness (QED) is 0.370. The van der Waals surface area contributed by atoms with Crippen LogP contribution < -0.4 is 4.72 Å². The standard InChI is InChI=1S/C17H17BrN2O6S/c1-26-17(21)10-16(13-4-6-14(18)7-5-13)19-27(24,25)11-12-2-8-15(9-3-12)20(22)23/h2-9,16,19H,10-11H2,1H3. The number of rotatable bonds is 8. The van der Waals surface area contributed by atoms with Gasteiger partial charge in [0.2, 0.25) is 10.0 Å². The Morgan fingerprint density at radius 1 is 1.19 bits per heavy atom. The van der Waals surface area contributed by atoms with Gasteiger partial charge in [0.1, 0.15) is 0 Å². The van der Waals surface area contributed by atoms with Crippen LogP contribution in [0, 0.1) is 10.1 Å². The Morgan fingerprint density at radius 2 is 1.78 bits per heavy atom. The second-order valence-electron chi connectivity index (χ2n) is 5.68. The van der Waals surface area contributed by atoms with E-state index in [1.807, 2.05) is 0 Å². The summed E-state index contributed by atoms with van der Waals surface area (Å²) >= 11 is 3.30. The third kappa shape index (κ3) is 6.42. The molecule has 0 fully saturated rings. The Morgan fingerprint density at radius 3 is 2.30 bits per heavy atom. The van der Waals surface area contributed by atoms with Crippen molar-refractivity contribution in [2.45, 2.75) is 18.2 Å². The number of ether oxygens (including phenoxy) is 1. The van der Waals surface area contributed by atoms with Crippen molar-refractivity contribution in [2.75, 3.05) is 7.11 Å². The average Bonchev–Trinajstić information content (AvgIpc) is 2.61. The topological polar surface area (TPSA) is 116 Å². The summed E-state index contributed by atoms with van der Waals surface area (Å²) in [7, 11) is -2.59. The van der Waals surface area contributed by atoms with Gasteiger partial charge in [-0.25, -0.2) is 13.1 Å². The minimum atomic E-state index is -3.82. The number of sulfonamides is 1. The van der Waals surface area contributed by atoms with E-state index in [0.717, 1.165) is 4.47 Å². The highest BCUT2D eigenvalue weighted by Crippen LogP contribution is 2.22. The van der Waals surface area contributed by atoms with Crippen LogP contribution >= 0.6 is 15.9 Å². The first-order valence-electron chi connectivity index (χ1n) is 7.76. The number of hydrogen-bond donors (Lipinski definition) is 1. The van der Waals surface area contributed by atoms with Crippen molar-refractivity contribution in [1.82, 2.24) is 4.72 Å². The zero-order valence-corrected chi connectivity index (χ0v) is 16.7. The summed E-state index contributed by atoms with van der Waals surface area (Å²) in [6.45, 7) is 0. The van der Waals surface area contributed by atoms with E-state index in [4.69, 9.17) is 0 Å². The van der Waals surface area contributed by atoms with Crippen LogP contribution in [0.2, 0.25) is 0 Å². The Balaban J connectivity index is 2.19. The van der Waals surface area contributed by atoms with Crippen molar-refractivity contribution in [3.63, 3.8) is 0 Å². The predicted octanol–water partition coefficient (Wildman–Crippen LogP) is 3.08. The number of carbonyl (C=O) groups is 1. The van der Waals surface area contributed by atoms with Crippen molar-refractivity contribution in [2.24, 2.45) is 0 Å². The molecular weight excluding hydrogens is 440 g/mol. The third-order valence-electron chi connectivity index (χ3n) is 3.70. The molecule has 0 heterocycles. The molecule has 0 radical (unpaired) electrons. The number of halogens is 1. The third-order valence-corrected chi connectivity index (χ3v) is 5.58. The van der Waals surface area contributed by atoms with Crippen molar-refractivity contribution < 1.29 is 22.9 Å². The van der Waals surface area contributed by atoms with Crippen LogP contribution in [-0.4, -0.2) is 26.4 Å². The zero-order valence-electron chi connectivity index (χ0n) is 14.3. The SMILES string of the molecule is COC(=O)CC(NS(=O)(=O)Cc1ccc([N+](=O)[O-])cc1)c1ccc(Br)cc1. The maximum Gasteiger partial charge on any atom is 0.307 e. The number of nitrogens with zero attached hydrogens (tertiary/aromatic N) is 1. The molecule has 1 N–H and O–H groups in total. The second kappa shape index (κ2) is 9.07. The number of methoxy groups -OCH3 is 1. The lowest BCUT2D eigenvalue weighted by atomic mass is 10.1. The lowest BCUT2D eigenvalue weighted by Gasteiger charge is -2.18. The molecule has 0 aliphatic heterocycles. The molecule has 0 spiro atoms. The van der Waals surface area contributed by atoms with Crippen molar-refractivity contribution in [3.05, 3.63) is 74.2 Å². The van der Waals surface area contributed by atoms with Gasteiger partial charge in [0.25, 0.3) is 5.69 Å². The van der Waals surface area contributed by atoms with Crippen LogP contribution in [0.3, 0.4) is 0 Å². The molecule has 0 aliphatic carbocycles. The van der Waals surface area contributed by atoms with E-state index in [0.29, 0.717) is 11.1 Å². The molecule has 1 atom stereocenters. The van der Waals surface area contributed by atoms with Crippen molar-refractivity contribution in [3.8, 4) is 0 Å². The van der Waals surface area contributed by atoms with Crippen LogP contribution in [0.25, 0.3) is 0 Å². The Bertz CT molecular complexity index is 913. The van der Waals surface area contributed by atoms with Gasteiger partial charge in [-0.05, 0) is 23.3 Å². The summed E-state index contributed by atoms with van der Waals surface area (Å²) in [5, 5.41) is 10.7. The van der Waals surface area contributed by atoms with E-state index in [1.165, 1.54) is 31.4 Å². The van der Waals surface area contributed by atoms with Crippen molar-refractivity contribution in [1.29, 1.82) is 0 Å². The summed E-state index contributed by atoms with van der Waals surface area (Å²) in [5.74, 6) is -0.930. The molecule has 10 heteroatoms. The molecule has 8 nitrogen and oxygen atoms in total. The highest BCUT2D eigenvalue weighted by atomic mass is 79.9. The van der Waals surface area contributed by atoms with Gasteiger partial charge in [-0.3, -0.25) is 14.9 Å². The summed E-state index contributed by atoms with van der Waals surface area (Å²) < 4.78 is 33.0. The Hall–Kier alpha value is -2.30. The molecule has 0 aromatic heterocycles. The maximum atomic E-state index is 12.5. The predicted molar refractivity (Wildman–Crippen MR) is 102 cm³/mol. The number of benzene rings is 2. The first kappa shape index (κ1) is 21.0. The largest absolute Gasteiger partial charge is 0.469 e. The molecule has 1 unspecified atom stereocenters. The summed E-state index contributed by atoms with van der Waals surface area (Å²) in [6.07, 6.45) is -0.169. The van der Waals surface area contributed by atoms with Crippen LogP contribution in [0.4, 0.5) is 5.69 Å². The maximum absolute atomic E-state index is 12.5. The van der Waals surface area contributed by atoms with Crippen molar-refractivity contribution >= 4 is 37.6 Å². The van der Waals surface area contributed by atoms with Crippen LogP contribution in [-0.2, 0) is 25.3 Å². The van der Waals surface area contributed by atoms with E-state index in [9.17, 15) is 23.3 Å². The number of hydrogen-bond acceptors (Lipinski definition) is 6. The molecule has 0 amide bonds. The van der Waals surface area contributed by atoms with E-state index in [2.05, 4.69) is 25.4 Å². The van der Waals surface area contributed by atoms with E-state index in [1.54, 1.807) is 24.3 Å². The minimum Gasteiger partial charge on any atom is -0.469 e.